The van der Waals surface area contributed by atoms with Crippen molar-refractivity contribution in [2.45, 2.75) is 12.8 Å². The van der Waals surface area contributed by atoms with Crippen molar-refractivity contribution in [3.8, 4) is 0 Å². The lowest BCUT2D eigenvalue weighted by Crippen LogP contribution is -2.21. The van der Waals surface area contributed by atoms with Crippen molar-refractivity contribution in [2.24, 2.45) is 13.5 Å². The number of nitrogens with one attached hydrogen (secondary N) is 1. The minimum absolute atomic E-state index is 0.550. The summed E-state index contributed by atoms with van der Waals surface area (Å²) in [6.07, 6.45) is 1.73. The lowest BCUT2D eigenvalue weighted by molar-refractivity contribution is 0.174. The zero-order valence-electron chi connectivity index (χ0n) is 9.41. The molecule has 2 saturated heterocycles. The third kappa shape index (κ3) is 2.90. The fourth-order valence-corrected chi connectivity index (χ4v) is 13.2. The van der Waals surface area contributed by atoms with E-state index in [0.717, 1.165) is 19.4 Å². The minimum Gasteiger partial charge on any atom is -0.316 e. The van der Waals surface area contributed by atoms with Crippen LogP contribution in [0.2, 0.25) is 0 Å². The fraction of sp³-hybridized carbons (Fsp3) is 1.00. The maximum Gasteiger partial charge on any atom is 0.346 e. The van der Waals surface area contributed by atoms with Crippen LogP contribution in [0.3, 0.4) is 0 Å². The van der Waals surface area contributed by atoms with Crippen molar-refractivity contribution < 1.29 is 13.6 Å². The molecule has 3 aliphatic rings. The van der Waals surface area contributed by atoms with Gasteiger partial charge in [0.25, 0.3) is 13.5 Å². The lowest BCUT2D eigenvalue weighted by atomic mass is 10.5. The second kappa shape index (κ2) is 5.14. The molecule has 1 unspecified atom stereocenters. The molecule has 2 spiro atoms. The first-order valence-corrected chi connectivity index (χ1v) is 12.2. The van der Waals surface area contributed by atoms with Gasteiger partial charge in [0.2, 0.25) is 0 Å². The first-order chi connectivity index (χ1) is 8.54. The summed E-state index contributed by atoms with van der Waals surface area (Å²) in [6.45, 7) is 2.46. The summed E-state index contributed by atoms with van der Waals surface area (Å²) in [5.41, 5.74) is 0. The molecular formula is C6H13Cl2N4O3P3. The van der Waals surface area contributed by atoms with Gasteiger partial charge in [-0.05, 0) is 35.3 Å². The van der Waals surface area contributed by atoms with Gasteiger partial charge in [-0.15, -0.1) is 0 Å². The molecule has 104 valence electrons. The Morgan fingerprint density at radius 2 is 1.61 bits per heavy atom. The van der Waals surface area contributed by atoms with Gasteiger partial charge in [-0.25, -0.2) is 5.09 Å². The molecule has 0 amide bonds. The number of halogens is 2. The highest BCUT2D eigenvalue weighted by atomic mass is 35.9. The number of rotatable bonds is 0. The van der Waals surface area contributed by atoms with Crippen molar-refractivity contribution in [3.05, 3.63) is 0 Å². The summed E-state index contributed by atoms with van der Waals surface area (Å²) in [7, 11) is -5.28. The van der Waals surface area contributed by atoms with E-state index >= 15 is 0 Å². The zero-order valence-corrected chi connectivity index (χ0v) is 13.6. The molecule has 0 saturated carbocycles. The van der Waals surface area contributed by atoms with E-state index in [2.05, 4.69) is 18.6 Å². The van der Waals surface area contributed by atoms with Crippen molar-refractivity contribution in [2.75, 3.05) is 26.4 Å². The molecule has 2 fully saturated rings. The van der Waals surface area contributed by atoms with E-state index in [-0.39, 0.29) is 0 Å². The van der Waals surface area contributed by atoms with E-state index in [9.17, 15) is 0 Å². The Morgan fingerprint density at radius 1 is 0.889 bits per heavy atom. The Kier molecular flexibility index (Phi) is 4.02. The van der Waals surface area contributed by atoms with Gasteiger partial charge in [-0.3, -0.25) is 0 Å². The van der Waals surface area contributed by atoms with Crippen LogP contribution in [0, 0.1) is 0 Å². The lowest BCUT2D eigenvalue weighted by Gasteiger charge is -2.34. The Bertz CT molecular complexity index is 481. The van der Waals surface area contributed by atoms with Crippen molar-refractivity contribution in [1.82, 2.24) is 5.09 Å². The molecule has 3 aliphatic heterocycles. The van der Waals surface area contributed by atoms with Gasteiger partial charge in [0.1, 0.15) is 0 Å². The summed E-state index contributed by atoms with van der Waals surface area (Å²) in [5.74, 6) is -2.84. The van der Waals surface area contributed by atoms with Crippen LogP contribution in [0.15, 0.2) is 13.5 Å². The molecule has 7 nitrogen and oxygen atoms in total. The van der Waals surface area contributed by atoms with E-state index in [1.807, 2.05) is 0 Å². The monoisotopic (exact) mass is 352 g/mol. The molecule has 18 heavy (non-hydrogen) atoms. The van der Waals surface area contributed by atoms with Gasteiger partial charge in [-0.1, -0.05) is 0 Å². The van der Waals surface area contributed by atoms with Crippen LogP contribution in [-0.4, -0.2) is 26.4 Å². The summed E-state index contributed by atoms with van der Waals surface area (Å²) in [4.78, 5) is 0. The molecule has 0 radical (unpaired) electrons. The third-order valence-electron chi connectivity index (χ3n) is 2.40. The fourth-order valence-electron chi connectivity index (χ4n) is 1.70. The largest absolute Gasteiger partial charge is 0.346 e. The molecule has 1 atom stereocenters. The van der Waals surface area contributed by atoms with Crippen LogP contribution in [0.25, 0.3) is 0 Å². The van der Waals surface area contributed by atoms with E-state index in [1.54, 1.807) is 0 Å². The highest BCUT2D eigenvalue weighted by Crippen LogP contribution is 2.82. The average Bonchev–Trinajstić information content (AvgIpc) is 2.27. The number of hydrogen-bond donors (Lipinski definition) is 1. The second-order valence-corrected chi connectivity index (χ2v) is 13.4. The normalized spacial score (nSPS) is 37.7. The average molecular weight is 353 g/mol. The van der Waals surface area contributed by atoms with Crippen molar-refractivity contribution in [3.63, 3.8) is 0 Å². The molecule has 1 N–H and O–H groups in total. The van der Waals surface area contributed by atoms with E-state index < -0.39 is 21.2 Å². The van der Waals surface area contributed by atoms with Crippen LogP contribution < -0.4 is 5.09 Å². The standard InChI is InChI=1S/C6H13Cl2N4O3P3/c7-16(8)10-17(9-3-1-4-13-17)12-18(11-16)14-5-2-6-15-18/h9H,1-6H2. The van der Waals surface area contributed by atoms with Crippen LogP contribution in [0.5, 0.6) is 0 Å². The zero-order chi connectivity index (χ0) is 12.7. The van der Waals surface area contributed by atoms with E-state index in [0.29, 0.717) is 19.8 Å². The number of hydrogen-bond acceptors (Lipinski definition) is 7. The molecule has 3 rings (SSSR count). The maximum atomic E-state index is 6.18. The molecule has 0 aromatic carbocycles. The van der Waals surface area contributed by atoms with Gasteiger partial charge in [0.05, 0.1) is 19.8 Å². The van der Waals surface area contributed by atoms with Crippen LogP contribution in [0.4, 0.5) is 0 Å². The second-order valence-electron chi connectivity index (χ2n) is 3.87. The molecule has 3 heterocycles. The highest BCUT2D eigenvalue weighted by Gasteiger charge is 2.40. The predicted molar refractivity (Wildman–Crippen MR) is 74.8 cm³/mol. The SMILES string of the molecule is ClP1(Cl)=NP2(=NP3(=N1)OCCCO3)NCCCO2. The van der Waals surface area contributed by atoms with Gasteiger partial charge < -0.3 is 13.6 Å². The molecule has 0 aromatic rings. The number of nitrogens with zero attached hydrogens (tertiary/aromatic N) is 3. The van der Waals surface area contributed by atoms with Crippen LogP contribution in [0.1, 0.15) is 12.8 Å². The topological polar surface area (TPSA) is 76.8 Å². The molecule has 0 bridgehead atoms. The summed E-state index contributed by atoms with van der Waals surface area (Å²) in [6, 6.07) is 0. The van der Waals surface area contributed by atoms with E-state index in [1.165, 1.54) is 0 Å². The van der Waals surface area contributed by atoms with Gasteiger partial charge >= 0.3 is 7.66 Å². The summed E-state index contributed by atoms with van der Waals surface area (Å²) < 4.78 is 30.0. The molecule has 0 aliphatic carbocycles. The third-order valence-corrected chi connectivity index (χ3v) is 12.5. The highest BCUT2D eigenvalue weighted by molar-refractivity contribution is 8.13. The summed E-state index contributed by atoms with van der Waals surface area (Å²) in [5, 5.41) is 3.18. The predicted octanol–water partition coefficient (Wildman–Crippen LogP) is 4.76. The summed E-state index contributed by atoms with van der Waals surface area (Å²) >= 11 is 12.4. The Morgan fingerprint density at radius 3 is 2.28 bits per heavy atom. The first kappa shape index (κ1) is 14.1. The van der Waals surface area contributed by atoms with Crippen LogP contribution in [-0.2, 0) is 13.6 Å². The van der Waals surface area contributed by atoms with Gasteiger partial charge in [0, 0.05) is 6.54 Å². The molecule has 12 heteroatoms. The molecular weight excluding hydrogens is 340 g/mol. The Balaban J connectivity index is 2.10. The maximum absolute atomic E-state index is 6.18. The Hall–Kier alpha value is 1.11. The van der Waals surface area contributed by atoms with Crippen LogP contribution >= 0.6 is 43.6 Å². The van der Waals surface area contributed by atoms with Crippen molar-refractivity contribution >= 4 is 43.6 Å². The first-order valence-electron chi connectivity index (χ1n) is 5.53. The quantitative estimate of drug-likeness (QED) is 0.637. The minimum atomic E-state index is -2.84. The van der Waals surface area contributed by atoms with Gasteiger partial charge in [-0.2, -0.15) is 13.5 Å². The van der Waals surface area contributed by atoms with Gasteiger partial charge in [0.15, 0.2) is 0 Å². The smallest absolute Gasteiger partial charge is 0.316 e. The Labute approximate surface area is 115 Å². The van der Waals surface area contributed by atoms with Crippen molar-refractivity contribution in [1.29, 1.82) is 0 Å². The molecule has 0 aromatic heterocycles. The van der Waals surface area contributed by atoms with E-state index in [4.69, 9.17) is 36.1 Å².